The summed E-state index contributed by atoms with van der Waals surface area (Å²) in [5.41, 5.74) is 2.87. The normalized spacial score (nSPS) is 15.7. The Kier molecular flexibility index (Phi) is 6.48. The number of rotatable bonds is 6. The minimum Gasteiger partial charge on any atom is -0.353 e. The third-order valence-electron chi connectivity index (χ3n) is 6.06. The summed E-state index contributed by atoms with van der Waals surface area (Å²) in [7, 11) is 0. The summed E-state index contributed by atoms with van der Waals surface area (Å²) in [6.45, 7) is 7.21. The van der Waals surface area contributed by atoms with Crippen LogP contribution in [0.2, 0.25) is 0 Å². The van der Waals surface area contributed by atoms with Crippen LogP contribution in [0.3, 0.4) is 0 Å². The molecule has 1 aromatic carbocycles. The topological polar surface area (TPSA) is 92.5 Å². The molecule has 0 spiro atoms. The molecule has 0 radical (unpaired) electrons. The SMILES string of the molecule is CCC(C(=O)N1CCC(NC(=O)Cc2nc3nc(C)cc(C)n3n2)CC1)c1ccccc1. The van der Waals surface area contributed by atoms with Crippen LogP contribution in [0.1, 0.15) is 54.9 Å². The second-order valence-corrected chi connectivity index (χ2v) is 8.49. The van der Waals surface area contributed by atoms with Crippen molar-refractivity contribution < 1.29 is 9.59 Å². The van der Waals surface area contributed by atoms with Crippen molar-refractivity contribution in [1.29, 1.82) is 0 Å². The number of hydrogen-bond donors (Lipinski definition) is 1. The predicted octanol–water partition coefficient (Wildman–Crippen LogP) is 2.58. The van der Waals surface area contributed by atoms with E-state index in [-0.39, 0.29) is 30.2 Å². The number of nitrogens with one attached hydrogen (secondary N) is 1. The summed E-state index contributed by atoms with van der Waals surface area (Å²) < 4.78 is 1.66. The van der Waals surface area contributed by atoms with Crippen LogP contribution in [0, 0.1) is 13.8 Å². The monoisotopic (exact) mass is 434 g/mol. The highest BCUT2D eigenvalue weighted by molar-refractivity contribution is 5.84. The van der Waals surface area contributed by atoms with Gasteiger partial charge in [-0.15, -0.1) is 5.10 Å². The molecule has 3 aromatic rings. The van der Waals surface area contributed by atoms with Crippen LogP contribution in [0.4, 0.5) is 0 Å². The van der Waals surface area contributed by atoms with E-state index in [1.165, 1.54) is 0 Å². The fraction of sp³-hybridized carbons (Fsp3) is 0.458. The van der Waals surface area contributed by atoms with E-state index in [0.717, 1.165) is 36.2 Å². The highest BCUT2D eigenvalue weighted by Crippen LogP contribution is 2.24. The van der Waals surface area contributed by atoms with E-state index < -0.39 is 0 Å². The molecular formula is C24H30N6O2. The van der Waals surface area contributed by atoms with Crippen LogP contribution in [0.25, 0.3) is 5.78 Å². The van der Waals surface area contributed by atoms with Crippen molar-refractivity contribution in [2.75, 3.05) is 13.1 Å². The molecule has 168 valence electrons. The van der Waals surface area contributed by atoms with E-state index in [9.17, 15) is 9.59 Å². The maximum atomic E-state index is 13.1. The number of fused-ring (bicyclic) bond motifs is 1. The molecule has 1 unspecified atom stereocenters. The molecule has 32 heavy (non-hydrogen) atoms. The average Bonchev–Trinajstić information content (AvgIpc) is 3.18. The molecule has 1 atom stereocenters. The van der Waals surface area contributed by atoms with Gasteiger partial charge in [0.05, 0.1) is 12.3 Å². The third kappa shape index (κ3) is 4.79. The first-order valence-corrected chi connectivity index (χ1v) is 11.3. The number of carbonyl (C=O) groups excluding carboxylic acids is 2. The molecule has 2 amide bonds. The highest BCUT2D eigenvalue weighted by atomic mass is 16.2. The Morgan fingerprint density at radius 2 is 1.84 bits per heavy atom. The van der Waals surface area contributed by atoms with Gasteiger partial charge in [0.15, 0.2) is 5.82 Å². The second-order valence-electron chi connectivity index (χ2n) is 8.49. The van der Waals surface area contributed by atoms with Gasteiger partial charge in [-0.3, -0.25) is 9.59 Å². The van der Waals surface area contributed by atoms with Crippen LogP contribution in [-0.2, 0) is 16.0 Å². The van der Waals surface area contributed by atoms with Crippen molar-refractivity contribution in [2.24, 2.45) is 0 Å². The molecular weight excluding hydrogens is 404 g/mol. The standard InChI is InChI=1S/C24H30N6O2/c1-4-20(18-8-6-5-7-9-18)23(32)29-12-10-19(11-13-29)26-22(31)15-21-27-24-25-16(2)14-17(3)30(24)28-21/h5-9,14,19-20H,4,10-13,15H2,1-3H3,(H,26,31). The van der Waals surface area contributed by atoms with Gasteiger partial charge in [-0.1, -0.05) is 37.3 Å². The lowest BCUT2D eigenvalue weighted by molar-refractivity contribution is -0.134. The number of carbonyl (C=O) groups is 2. The zero-order valence-electron chi connectivity index (χ0n) is 18.9. The van der Waals surface area contributed by atoms with Gasteiger partial charge in [0, 0.05) is 30.5 Å². The van der Waals surface area contributed by atoms with E-state index in [1.807, 2.05) is 62.1 Å². The molecule has 1 aliphatic rings. The highest BCUT2D eigenvalue weighted by Gasteiger charge is 2.29. The van der Waals surface area contributed by atoms with E-state index in [2.05, 4.69) is 20.4 Å². The van der Waals surface area contributed by atoms with Crippen molar-refractivity contribution in [3.8, 4) is 0 Å². The summed E-state index contributed by atoms with van der Waals surface area (Å²) in [4.78, 5) is 36.3. The predicted molar refractivity (Wildman–Crippen MR) is 121 cm³/mol. The number of amides is 2. The van der Waals surface area contributed by atoms with Crippen molar-refractivity contribution in [3.05, 3.63) is 59.2 Å². The summed E-state index contributed by atoms with van der Waals surface area (Å²) in [6.07, 6.45) is 2.40. The van der Waals surface area contributed by atoms with Gasteiger partial charge in [-0.25, -0.2) is 9.50 Å². The fourth-order valence-electron chi connectivity index (χ4n) is 4.41. The summed E-state index contributed by atoms with van der Waals surface area (Å²) in [5, 5.41) is 7.49. The lowest BCUT2D eigenvalue weighted by Gasteiger charge is -2.34. The van der Waals surface area contributed by atoms with Gasteiger partial charge in [0.25, 0.3) is 5.78 Å². The van der Waals surface area contributed by atoms with Crippen molar-refractivity contribution in [2.45, 2.75) is 58.4 Å². The van der Waals surface area contributed by atoms with E-state index in [4.69, 9.17) is 0 Å². The number of benzene rings is 1. The lowest BCUT2D eigenvalue weighted by Crippen LogP contribution is -2.48. The zero-order chi connectivity index (χ0) is 22.7. The molecule has 0 aliphatic carbocycles. The Hall–Kier alpha value is -3.29. The average molecular weight is 435 g/mol. The van der Waals surface area contributed by atoms with E-state index in [1.54, 1.807) is 4.52 Å². The molecule has 1 N–H and O–H groups in total. The molecule has 1 aliphatic heterocycles. The zero-order valence-corrected chi connectivity index (χ0v) is 18.9. The number of aryl methyl sites for hydroxylation is 2. The van der Waals surface area contributed by atoms with Gasteiger partial charge in [-0.2, -0.15) is 4.98 Å². The van der Waals surface area contributed by atoms with Crippen LogP contribution < -0.4 is 5.32 Å². The minimum atomic E-state index is -0.107. The van der Waals surface area contributed by atoms with Gasteiger partial charge >= 0.3 is 0 Å². The number of aromatic nitrogens is 4. The number of piperidine rings is 1. The maximum Gasteiger partial charge on any atom is 0.252 e. The van der Waals surface area contributed by atoms with Gasteiger partial charge in [0.1, 0.15) is 0 Å². The second kappa shape index (κ2) is 9.46. The smallest absolute Gasteiger partial charge is 0.252 e. The van der Waals surface area contributed by atoms with Crippen molar-refractivity contribution in [1.82, 2.24) is 29.8 Å². The summed E-state index contributed by atoms with van der Waals surface area (Å²) >= 11 is 0. The number of nitrogens with zero attached hydrogens (tertiary/aromatic N) is 5. The van der Waals surface area contributed by atoms with Gasteiger partial charge < -0.3 is 10.2 Å². The van der Waals surface area contributed by atoms with Crippen LogP contribution in [-0.4, -0.2) is 55.4 Å². The number of hydrogen-bond acceptors (Lipinski definition) is 5. The lowest BCUT2D eigenvalue weighted by atomic mass is 9.93. The molecule has 0 bridgehead atoms. The summed E-state index contributed by atoms with van der Waals surface area (Å²) in [6, 6.07) is 11.9. The quantitative estimate of drug-likeness (QED) is 0.644. The summed E-state index contributed by atoms with van der Waals surface area (Å²) in [5.74, 6) is 0.946. The molecule has 3 heterocycles. The molecule has 8 nitrogen and oxygen atoms in total. The molecule has 2 aromatic heterocycles. The van der Waals surface area contributed by atoms with Crippen LogP contribution >= 0.6 is 0 Å². The first-order chi connectivity index (χ1) is 15.4. The molecule has 4 rings (SSSR count). The molecule has 1 fully saturated rings. The van der Waals surface area contributed by atoms with Crippen LogP contribution in [0.15, 0.2) is 36.4 Å². The fourth-order valence-corrected chi connectivity index (χ4v) is 4.41. The van der Waals surface area contributed by atoms with Gasteiger partial charge in [-0.05, 0) is 44.7 Å². The van der Waals surface area contributed by atoms with Crippen molar-refractivity contribution in [3.63, 3.8) is 0 Å². The third-order valence-corrected chi connectivity index (χ3v) is 6.06. The Bertz CT molecular complexity index is 1100. The van der Waals surface area contributed by atoms with E-state index in [0.29, 0.717) is 24.7 Å². The Morgan fingerprint density at radius 1 is 1.12 bits per heavy atom. The Labute approximate surface area is 188 Å². The first-order valence-electron chi connectivity index (χ1n) is 11.3. The van der Waals surface area contributed by atoms with E-state index >= 15 is 0 Å². The van der Waals surface area contributed by atoms with Gasteiger partial charge in [0.2, 0.25) is 11.8 Å². The molecule has 0 saturated carbocycles. The van der Waals surface area contributed by atoms with Crippen molar-refractivity contribution >= 4 is 17.6 Å². The Balaban J connectivity index is 1.30. The largest absolute Gasteiger partial charge is 0.353 e. The molecule has 8 heteroatoms. The van der Waals surface area contributed by atoms with Crippen LogP contribution in [0.5, 0.6) is 0 Å². The first kappa shape index (κ1) is 21.9. The minimum absolute atomic E-state index is 0.0579. The maximum absolute atomic E-state index is 13.1. The number of likely N-dealkylation sites (tertiary alicyclic amines) is 1. The Morgan fingerprint density at radius 3 is 2.53 bits per heavy atom. The molecule has 1 saturated heterocycles.